The van der Waals surface area contributed by atoms with Gasteiger partial charge in [0.25, 0.3) is 0 Å². The quantitative estimate of drug-likeness (QED) is 0.266. The molecule has 14 nitrogen and oxygen atoms in total. The van der Waals surface area contributed by atoms with E-state index in [4.69, 9.17) is 0 Å². The van der Waals surface area contributed by atoms with Gasteiger partial charge in [0.15, 0.2) is 0 Å². The van der Waals surface area contributed by atoms with Crippen LogP contribution in [0.25, 0.3) is 0 Å². The van der Waals surface area contributed by atoms with Crippen molar-refractivity contribution in [2.75, 3.05) is 32.7 Å². The van der Waals surface area contributed by atoms with Crippen LogP contribution in [0.4, 0.5) is 0 Å². The number of aliphatic carboxylic acids is 1. The number of β-lactam (4-membered cyclic amide) rings is 1. The van der Waals surface area contributed by atoms with E-state index in [1.54, 1.807) is 6.92 Å². The zero-order chi connectivity index (χ0) is 28.1. The van der Waals surface area contributed by atoms with Crippen LogP contribution in [0.15, 0.2) is 16.9 Å². The van der Waals surface area contributed by atoms with E-state index in [1.807, 2.05) is 11.8 Å². The van der Waals surface area contributed by atoms with E-state index in [0.29, 0.717) is 29.7 Å². The third kappa shape index (κ3) is 4.77. The number of likely N-dealkylation sites (tertiary alicyclic amines) is 1. The average molecular weight is 574 g/mol. The molecule has 1 aromatic rings. The molecule has 4 fully saturated rings. The lowest BCUT2D eigenvalue weighted by molar-refractivity contribution is -0.158. The Balaban J connectivity index is 1.08. The number of piperidine rings is 1. The summed E-state index contributed by atoms with van der Waals surface area (Å²) in [7, 11) is 0. The van der Waals surface area contributed by atoms with Crippen molar-refractivity contribution in [3.63, 3.8) is 0 Å². The number of nitrogens with one attached hydrogen (secondary N) is 3. The fourth-order valence-electron chi connectivity index (χ4n) is 7.12. The van der Waals surface area contributed by atoms with Crippen molar-refractivity contribution in [1.29, 1.82) is 0 Å². The van der Waals surface area contributed by atoms with Gasteiger partial charge in [-0.05, 0) is 55.1 Å². The van der Waals surface area contributed by atoms with Gasteiger partial charge >= 0.3 is 5.97 Å². The number of amides is 3. The van der Waals surface area contributed by atoms with Crippen LogP contribution >= 0.6 is 11.8 Å². The molecular weight excluding hydrogens is 538 g/mol. The van der Waals surface area contributed by atoms with Gasteiger partial charge in [0.05, 0.1) is 18.0 Å². The summed E-state index contributed by atoms with van der Waals surface area (Å²) in [6.07, 6.45) is 3.05. The fourth-order valence-corrected chi connectivity index (χ4v) is 8.60. The summed E-state index contributed by atoms with van der Waals surface area (Å²) in [4.78, 5) is 55.3. The fraction of sp³-hybridized carbons (Fsp3) is 0.720. The predicted octanol–water partition coefficient (Wildman–Crippen LogP) is -1.52. The second kappa shape index (κ2) is 10.7. The van der Waals surface area contributed by atoms with Crippen molar-refractivity contribution in [3.05, 3.63) is 16.9 Å². The predicted molar refractivity (Wildman–Crippen MR) is 142 cm³/mol. The number of thioether (sulfide) groups is 1. The Kier molecular flexibility index (Phi) is 7.29. The maximum Gasteiger partial charge on any atom is 0.353 e. The Labute approximate surface area is 235 Å². The third-order valence-electron chi connectivity index (χ3n) is 9.08. The number of nitrogens with zero attached hydrogens (tertiary/aromatic N) is 6. The molecule has 0 aromatic carbocycles. The first-order chi connectivity index (χ1) is 19.2. The van der Waals surface area contributed by atoms with E-state index < -0.39 is 17.9 Å². The molecule has 6 heterocycles. The number of fused-ring (bicyclic) bond motifs is 2. The first-order valence-electron chi connectivity index (χ1n) is 13.9. The van der Waals surface area contributed by atoms with Crippen LogP contribution in [-0.2, 0) is 25.7 Å². The van der Waals surface area contributed by atoms with Gasteiger partial charge in [0.2, 0.25) is 17.7 Å². The highest BCUT2D eigenvalue weighted by atomic mass is 32.2. The lowest BCUT2D eigenvalue weighted by Crippen LogP contribution is -2.66. The van der Waals surface area contributed by atoms with Gasteiger partial charge in [-0.2, -0.15) is 0 Å². The molecule has 6 rings (SSSR count). The molecule has 0 aliphatic carbocycles. The van der Waals surface area contributed by atoms with Crippen molar-refractivity contribution >= 4 is 35.5 Å². The van der Waals surface area contributed by atoms with E-state index in [2.05, 4.69) is 31.5 Å². The molecule has 5 aliphatic heterocycles. The van der Waals surface area contributed by atoms with E-state index in [-0.39, 0.29) is 53.2 Å². The molecule has 3 unspecified atom stereocenters. The van der Waals surface area contributed by atoms with E-state index in [0.717, 1.165) is 32.6 Å². The molecule has 0 bridgehead atoms. The maximum atomic E-state index is 13.3. The average Bonchev–Trinajstić information content (AvgIpc) is 3.71. The number of aromatic nitrogens is 4. The van der Waals surface area contributed by atoms with E-state index >= 15 is 0 Å². The molecule has 3 amide bonds. The zero-order valence-electron chi connectivity index (χ0n) is 22.5. The third-order valence-corrected chi connectivity index (χ3v) is 10.6. The second-order valence-corrected chi connectivity index (χ2v) is 12.9. The number of carboxylic acids is 1. The molecule has 4 N–H and O–H groups in total. The van der Waals surface area contributed by atoms with Crippen LogP contribution < -0.4 is 16.0 Å². The number of carbonyl (C=O) groups excluding carboxylic acids is 3. The Hall–Kier alpha value is -3.04. The topological polar surface area (TPSA) is 175 Å². The van der Waals surface area contributed by atoms with Gasteiger partial charge in [-0.3, -0.25) is 14.4 Å². The van der Waals surface area contributed by atoms with Gasteiger partial charge in [0.1, 0.15) is 18.6 Å². The number of rotatable bonds is 8. The van der Waals surface area contributed by atoms with E-state index in [1.165, 1.54) is 27.7 Å². The summed E-state index contributed by atoms with van der Waals surface area (Å²) < 4.78 is 1.29. The number of hydrogen-bond donors (Lipinski definition) is 4. The van der Waals surface area contributed by atoms with Crippen molar-refractivity contribution in [3.8, 4) is 0 Å². The van der Waals surface area contributed by atoms with Crippen LogP contribution in [0, 0.1) is 23.7 Å². The first kappa shape index (κ1) is 27.1. The molecule has 0 radical (unpaired) electrons. The number of carboxylic acid groups (broad SMARTS) is 1. The Bertz CT molecular complexity index is 1210. The minimum absolute atomic E-state index is 0.0213. The van der Waals surface area contributed by atoms with Crippen LogP contribution in [-0.4, -0.2) is 115 Å². The maximum absolute atomic E-state index is 13.3. The molecule has 4 saturated heterocycles. The molecule has 8 atom stereocenters. The highest BCUT2D eigenvalue weighted by molar-refractivity contribution is 8.03. The van der Waals surface area contributed by atoms with Crippen LogP contribution in [0.3, 0.4) is 0 Å². The summed E-state index contributed by atoms with van der Waals surface area (Å²) in [5.74, 6) is -1.29. The summed E-state index contributed by atoms with van der Waals surface area (Å²) in [6, 6.07) is -1.12. The van der Waals surface area contributed by atoms with Crippen molar-refractivity contribution < 1.29 is 24.3 Å². The highest BCUT2D eigenvalue weighted by Gasteiger charge is 2.60. The number of tetrazole rings is 1. The van der Waals surface area contributed by atoms with Crippen molar-refractivity contribution in [2.45, 2.75) is 56.6 Å². The molecule has 1 aromatic heterocycles. The number of hydrogen-bond acceptors (Lipinski definition) is 10. The molecule has 0 spiro atoms. The molecular formula is C25H35N9O5S. The summed E-state index contributed by atoms with van der Waals surface area (Å²) in [6.45, 7) is 7.81. The minimum Gasteiger partial charge on any atom is -0.477 e. The molecule has 216 valence electrons. The van der Waals surface area contributed by atoms with Crippen LogP contribution in [0.2, 0.25) is 0 Å². The normalized spacial score (nSPS) is 34.0. The lowest BCUT2D eigenvalue weighted by atomic mass is 9.78. The Morgan fingerprint density at radius 3 is 2.77 bits per heavy atom. The minimum atomic E-state index is -1.13. The highest BCUT2D eigenvalue weighted by Crippen LogP contribution is 2.52. The van der Waals surface area contributed by atoms with Crippen molar-refractivity contribution in [1.82, 2.24) is 46.0 Å². The van der Waals surface area contributed by atoms with E-state index in [9.17, 15) is 24.3 Å². The van der Waals surface area contributed by atoms with Gasteiger partial charge in [0, 0.05) is 41.7 Å². The van der Waals surface area contributed by atoms with Gasteiger partial charge < -0.3 is 30.9 Å². The zero-order valence-corrected chi connectivity index (χ0v) is 23.3. The Morgan fingerprint density at radius 2 is 2.05 bits per heavy atom. The van der Waals surface area contributed by atoms with Gasteiger partial charge in [-0.15, -0.1) is 16.9 Å². The number of carbonyl (C=O) groups is 4. The SMILES string of the molecule is CC(NC(=O)Cn1cnnn1)[C@H]1C(=O)N2C(C(=O)O)=C(S[C@@H]3CN[C@H](C(=O)N4CC5CCNCC5C4)C3)[C@H](C)[C@H]12. The Morgan fingerprint density at radius 1 is 1.25 bits per heavy atom. The van der Waals surface area contributed by atoms with Crippen molar-refractivity contribution in [2.24, 2.45) is 23.7 Å². The molecule has 15 heteroatoms. The molecule has 0 saturated carbocycles. The summed E-state index contributed by atoms with van der Waals surface area (Å²) in [5, 5.41) is 30.4. The first-order valence-corrected chi connectivity index (χ1v) is 14.8. The lowest BCUT2D eigenvalue weighted by Gasteiger charge is -2.47. The largest absolute Gasteiger partial charge is 0.477 e. The summed E-state index contributed by atoms with van der Waals surface area (Å²) >= 11 is 1.47. The van der Waals surface area contributed by atoms with Gasteiger partial charge in [-0.1, -0.05) is 6.92 Å². The van der Waals surface area contributed by atoms with Crippen LogP contribution in [0.5, 0.6) is 0 Å². The molecule has 5 aliphatic rings. The van der Waals surface area contributed by atoms with Crippen LogP contribution in [0.1, 0.15) is 26.7 Å². The smallest absolute Gasteiger partial charge is 0.353 e. The monoisotopic (exact) mass is 573 g/mol. The second-order valence-electron chi connectivity index (χ2n) is 11.6. The standard InChI is InChI=1S/C25H35N9O5S/c1-12-20-19(13(2)29-18(35)10-33-11-28-30-31-33)24(37)34(20)21(25(38)39)22(12)40-16-5-17(27-7-16)23(36)32-8-14-3-4-26-6-15(14)9-32/h11-17,19-20,26-27H,3-10H2,1-2H3,(H,29,35)(H,38,39)/t12-,13?,14?,15?,16+,17+,19-,20-/m1/s1. The van der Waals surface area contributed by atoms with Gasteiger partial charge in [-0.25, -0.2) is 9.48 Å². The molecule has 40 heavy (non-hydrogen) atoms. The summed E-state index contributed by atoms with van der Waals surface area (Å²) in [5.41, 5.74) is 0.0295.